The maximum Gasteiger partial charge on any atom is 0.248 e. The summed E-state index contributed by atoms with van der Waals surface area (Å²) in [5.74, 6) is -2.53. The van der Waals surface area contributed by atoms with E-state index >= 15 is 0 Å². The third-order valence-electron chi connectivity index (χ3n) is 3.43. The Morgan fingerprint density at radius 1 is 1.29 bits per heavy atom. The van der Waals surface area contributed by atoms with Crippen LogP contribution in [0.15, 0.2) is 30.3 Å². The van der Waals surface area contributed by atoms with Crippen LogP contribution in [0.1, 0.15) is 31.2 Å². The van der Waals surface area contributed by atoms with Crippen LogP contribution in [0.4, 0.5) is 8.78 Å². The first-order chi connectivity index (χ1) is 8.05. The smallest absolute Gasteiger partial charge is 0.248 e. The number of halogens is 2. The van der Waals surface area contributed by atoms with Gasteiger partial charge in [-0.1, -0.05) is 30.3 Å². The molecule has 1 aromatic rings. The van der Waals surface area contributed by atoms with E-state index in [-0.39, 0.29) is 18.8 Å². The molecule has 1 aromatic carbocycles. The number of rotatable bonds is 4. The van der Waals surface area contributed by atoms with Crippen LogP contribution in [0.2, 0.25) is 0 Å². The predicted octanol–water partition coefficient (Wildman–Crippen LogP) is 3.42. The van der Waals surface area contributed by atoms with Crippen LogP contribution in [0, 0.1) is 5.92 Å². The van der Waals surface area contributed by atoms with Gasteiger partial charge in [0.2, 0.25) is 5.92 Å². The van der Waals surface area contributed by atoms with E-state index in [4.69, 9.17) is 0 Å². The topological polar surface area (TPSA) is 20.2 Å². The first kappa shape index (κ1) is 12.5. The van der Waals surface area contributed by atoms with Crippen LogP contribution in [-0.4, -0.2) is 17.1 Å². The van der Waals surface area contributed by atoms with Crippen molar-refractivity contribution in [3.05, 3.63) is 35.9 Å². The second-order valence-electron chi connectivity index (χ2n) is 5.04. The average molecular weight is 240 g/mol. The summed E-state index contributed by atoms with van der Waals surface area (Å²) >= 11 is 0. The Labute approximate surface area is 100 Å². The largest absolute Gasteiger partial charge is 0.393 e. The van der Waals surface area contributed by atoms with Crippen LogP contribution in [-0.2, 0) is 6.42 Å². The van der Waals surface area contributed by atoms with Gasteiger partial charge < -0.3 is 5.11 Å². The maximum absolute atomic E-state index is 13.0. The van der Waals surface area contributed by atoms with Gasteiger partial charge >= 0.3 is 0 Å². The molecule has 2 unspecified atom stereocenters. The van der Waals surface area contributed by atoms with Gasteiger partial charge in [-0.25, -0.2) is 8.78 Å². The van der Waals surface area contributed by atoms with Crippen molar-refractivity contribution in [2.45, 2.75) is 44.1 Å². The van der Waals surface area contributed by atoms with E-state index in [1.165, 1.54) is 0 Å². The predicted molar refractivity (Wildman–Crippen MR) is 63.1 cm³/mol. The second kappa shape index (κ2) is 5.13. The van der Waals surface area contributed by atoms with Crippen LogP contribution in [0.25, 0.3) is 0 Å². The molecule has 1 saturated carbocycles. The van der Waals surface area contributed by atoms with E-state index in [0.717, 1.165) is 5.56 Å². The van der Waals surface area contributed by atoms with Crippen molar-refractivity contribution in [2.75, 3.05) is 0 Å². The number of benzene rings is 1. The minimum absolute atomic E-state index is 0.0181. The molecule has 94 valence electrons. The molecule has 0 saturated heterocycles. The van der Waals surface area contributed by atoms with E-state index in [2.05, 4.69) is 0 Å². The quantitative estimate of drug-likeness (QED) is 0.855. The van der Waals surface area contributed by atoms with Crippen LogP contribution in [0.5, 0.6) is 0 Å². The molecule has 1 aliphatic rings. The van der Waals surface area contributed by atoms with Gasteiger partial charge in [0, 0.05) is 12.8 Å². The number of hydrogen-bond donors (Lipinski definition) is 1. The van der Waals surface area contributed by atoms with Gasteiger partial charge in [-0.05, 0) is 30.7 Å². The normalized spacial score (nSPS) is 24.8. The molecule has 0 aliphatic heterocycles. The zero-order valence-electron chi connectivity index (χ0n) is 9.78. The molecule has 0 radical (unpaired) electrons. The van der Waals surface area contributed by atoms with Gasteiger partial charge in [0.15, 0.2) is 0 Å². The molecule has 17 heavy (non-hydrogen) atoms. The highest BCUT2D eigenvalue weighted by molar-refractivity contribution is 5.15. The molecule has 0 heterocycles. The van der Waals surface area contributed by atoms with Crippen molar-refractivity contribution in [2.24, 2.45) is 5.92 Å². The van der Waals surface area contributed by atoms with Crippen molar-refractivity contribution < 1.29 is 13.9 Å². The molecular weight excluding hydrogens is 222 g/mol. The summed E-state index contributed by atoms with van der Waals surface area (Å²) in [6.45, 7) is 0. The molecule has 0 amide bonds. The first-order valence-corrected chi connectivity index (χ1v) is 6.15. The van der Waals surface area contributed by atoms with Crippen molar-refractivity contribution in [1.82, 2.24) is 0 Å². The number of alkyl halides is 2. The molecule has 0 spiro atoms. The third-order valence-corrected chi connectivity index (χ3v) is 3.43. The second-order valence-corrected chi connectivity index (χ2v) is 5.04. The summed E-state index contributed by atoms with van der Waals surface area (Å²) < 4.78 is 26.0. The highest BCUT2D eigenvalue weighted by atomic mass is 19.3. The van der Waals surface area contributed by atoms with E-state index in [1.807, 2.05) is 30.3 Å². The summed E-state index contributed by atoms with van der Waals surface area (Å²) in [5, 5.41) is 9.89. The van der Waals surface area contributed by atoms with Crippen LogP contribution >= 0.6 is 0 Å². The fraction of sp³-hybridized carbons (Fsp3) is 0.571. The monoisotopic (exact) mass is 240 g/mol. The van der Waals surface area contributed by atoms with Gasteiger partial charge in [-0.2, -0.15) is 0 Å². The Balaban J connectivity index is 1.80. The molecular formula is C14H18F2O. The zero-order valence-corrected chi connectivity index (χ0v) is 9.78. The number of hydrogen-bond acceptors (Lipinski definition) is 1. The number of aliphatic hydroxyl groups is 1. The molecule has 1 aliphatic carbocycles. The van der Waals surface area contributed by atoms with Gasteiger partial charge in [-0.15, -0.1) is 0 Å². The minimum atomic E-state index is -2.50. The summed E-state index contributed by atoms with van der Waals surface area (Å²) in [5.41, 5.74) is 1.06. The standard InChI is InChI=1S/C14H18F2O/c15-14(16)7-6-12(10-14)9-13(17)8-11-4-2-1-3-5-11/h1-5,12-13,17H,6-10H2. The Hall–Kier alpha value is -0.960. The lowest BCUT2D eigenvalue weighted by Crippen LogP contribution is -2.16. The summed E-state index contributed by atoms with van der Waals surface area (Å²) in [6.07, 6.45) is 1.01. The van der Waals surface area contributed by atoms with Crippen molar-refractivity contribution >= 4 is 0 Å². The molecule has 2 atom stereocenters. The van der Waals surface area contributed by atoms with Crippen LogP contribution < -0.4 is 0 Å². The summed E-state index contributed by atoms with van der Waals surface area (Å²) in [4.78, 5) is 0. The van der Waals surface area contributed by atoms with Gasteiger partial charge in [0.25, 0.3) is 0 Å². The van der Waals surface area contributed by atoms with Gasteiger partial charge in [-0.3, -0.25) is 0 Å². The molecule has 0 bridgehead atoms. The molecule has 2 rings (SSSR count). The fourth-order valence-electron chi connectivity index (χ4n) is 2.60. The Kier molecular flexibility index (Phi) is 3.77. The van der Waals surface area contributed by atoms with E-state index in [9.17, 15) is 13.9 Å². The van der Waals surface area contributed by atoms with Crippen molar-refractivity contribution in [3.63, 3.8) is 0 Å². The minimum Gasteiger partial charge on any atom is -0.393 e. The molecule has 0 aromatic heterocycles. The lowest BCUT2D eigenvalue weighted by molar-refractivity contribution is 0.00264. The number of aliphatic hydroxyl groups excluding tert-OH is 1. The molecule has 1 fully saturated rings. The van der Waals surface area contributed by atoms with E-state index < -0.39 is 12.0 Å². The summed E-state index contributed by atoms with van der Waals surface area (Å²) in [7, 11) is 0. The van der Waals surface area contributed by atoms with Crippen molar-refractivity contribution in [3.8, 4) is 0 Å². The zero-order chi connectivity index (χ0) is 12.3. The highest BCUT2D eigenvalue weighted by Gasteiger charge is 2.39. The lowest BCUT2D eigenvalue weighted by atomic mass is 9.96. The van der Waals surface area contributed by atoms with E-state index in [1.54, 1.807) is 0 Å². The van der Waals surface area contributed by atoms with E-state index in [0.29, 0.717) is 19.3 Å². The maximum atomic E-state index is 13.0. The van der Waals surface area contributed by atoms with Gasteiger partial charge in [0.1, 0.15) is 0 Å². The van der Waals surface area contributed by atoms with Gasteiger partial charge in [0.05, 0.1) is 6.10 Å². The average Bonchev–Trinajstić information content (AvgIpc) is 2.59. The first-order valence-electron chi connectivity index (χ1n) is 6.15. The summed E-state index contributed by atoms with van der Waals surface area (Å²) in [6, 6.07) is 9.67. The van der Waals surface area contributed by atoms with Crippen LogP contribution in [0.3, 0.4) is 0 Å². The molecule has 1 nitrogen and oxygen atoms in total. The fourth-order valence-corrected chi connectivity index (χ4v) is 2.60. The Morgan fingerprint density at radius 2 is 2.00 bits per heavy atom. The lowest BCUT2D eigenvalue weighted by Gasteiger charge is -2.15. The SMILES string of the molecule is OC(Cc1ccccc1)CC1CCC(F)(F)C1. The van der Waals surface area contributed by atoms with Crippen molar-refractivity contribution in [1.29, 1.82) is 0 Å². The Bertz CT molecular complexity index is 350. The Morgan fingerprint density at radius 3 is 2.59 bits per heavy atom. The highest BCUT2D eigenvalue weighted by Crippen LogP contribution is 2.40. The molecule has 1 N–H and O–H groups in total. The third kappa shape index (κ3) is 3.77. The molecule has 3 heteroatoms.